The van der Waals surface area contributed by atoms with Gasteiger partial charge in [-0.05, 0) is 37.6 Å². The average molecular weight is 287 g/mol. The second-order valence-corrected chi connectivity index (χ2v) is 5.18. The first kappa shape index (κ1) is 12.9. The summed E-state index contributed by atoms with van der Waals surface area (Å²) >= 11 is 6.20. The van der Waals surface area contributed by atoms with Crippen LogP contribution in [-0.2, 0) is 6.54 Å². The summed E-state index contributed by atoms with van der Waals surface area (Å²) in [5.74, 6) is 0. The number of nitrogens with zero attached hydrogens (tertiary/aromatic N) is 2. The van der Waals surface area contributed by atoms with E-state index >= 15 is 0 Å². The van der Waals surface area contributed by atoms with Crippen LogP contribution in [-0.4, -0.2) is 15.2 Å². The first-order valence-electron chi connectivity index (χ1n) is 6.44. The lowest BCUT2D eigenvalue weighted by Gasteiger charge is -2.09. The van der Waals surface area contributed by atoms with E-state index in [2.05, 4.69) is 20.5 Å². The molecule has 0 fully saturated rings. The summed E-state index contributed by atoms with van der Waals surface area (Å²) in [4.78, 5) is 4.44. The minimum Gasteiger partial charge on any atom is -0.378 e. The molecule has 0 unspecified atom stereocenters. The zero-order chi connectivity index (χ0) is 14.1. The summed E-state index contributed by atoms with van der Waals surface area (Å²) in [6.45, 7) is 4.66. The first-order chi connectivity index (χ1) is 9.66. The van der Waals surface area contributed by atoms with E-state index in [1.54, 1.807) is 6.20 Å². The van der Waals surface area contributed by atoms with Gasteiger partial charge in [0, 0.05) is 23.2 Å². The van der Waals surface area contributed by atoms with Gasteiger partial charge in [0.1, 0.15) is 0 Å². The lowest BCUT2D eigenvalue weighted by molar-refractivity contribution is 1.02. The Hall–Kier alpha value is -2.07. The molecule has 0 amide bonds. The van der Waals surface area contributed by atoms with Crippen molar-refractivity contribution in [1.82, 2.24) is 15.2 Å². The predicted octanol–water partition coefficient (Wildman–Crippen LogP) is 3.84. The van der Waals surface area contributed by atoms with Crippen LogP contribution in [0.4, 0.5) is 5.69 Å². The fraction of sp³-hybridized carbons (Fsp3) is 0.200. The molecule has 20 heavy (non-hydrogen) atoms. The highest BCUT2D eigenvalue weighted by Crippen LogP contribution is 2.26. The summed E-state index contributed by atoms with van der Waals surface area (Å²) in [6.07, 6.45) is 1.79. The maximum absolute atomic E-state index is 6.20. The van der Waals surface area contributed by atoms with Gasteiger partial charge < -0.3 is 5.32 Å². The normalized spacial score (nSPS) is 10.9. The molecule has 2 N–H and O–H groups in total. The lowest BCUT2D eigenvalue weighted by atomic mass is 10.1. The molecule has 5 heteroatoms. The molecule has 0 aliphatic rings. The van der Waals surface area contributed by atoms with Gasteiger partial charge in [-0.1, -0.05) is 17.7 Å². The molecule has 3 rings (SSSR count). The van der Waals surface area contributed by atoms with Crippen LogP contribution in [0.3, 0.4) is 0 Å². The zero-order valence-electron chi connectivity index (χ0n) is 11.4. The number of H-pyrrole nitrogens is 1. The fourth-order valence-electron chi connectivity index (χ4n) is 2.33. The average Bonchev–Trinajstić information content (AvgIpc) is 2.78. The third-order valence-electron chi connectivity index (χ3n) is 3.38. The Labute approximate surface area is 122 Å². The van der Waals surface area contributed by atoms with Crippen molar-refractivity contribution in [3.05, 3.63) is 52.4 Å². The Kier molecular flexibility index (Phi) is 3.32. The summed E-state index contributed by atoms with van der Waals surface area (Å²) < 4.78 is 0. The molecule has 0 spiro atoms. The highest BCUT2D eigenvalue weighted by atomic mass is 35.5. The second-order valence-electron chi connectivity index (χ2n) is 4.77. The number of aromatic amines is 1. The quantitative estimate of drug-likeness (QED) is 0.769. The van der Waals surface area contributed by atoms with Gasteiger partial charge in [0.25, 0.3) is 0 Å². The number of halogens is 1. The number of pyridine rings is 1. The van der Waals surface area contributed by atoms with Crippen LogP contribution in [0.15, 0.2) is 30.5 Å². The largest absolute Gasteiger partial charge is 0.378 e. The van der Waals surface area contributed by atoms with E-state index in [1.807, 2.05) is 38.1 Å². The summed E-state index contributed by atoms with van der Waals surface area (Å²) in [5, 5.41) is 12.3. The number of hydrogen-bond donors (Lipinski definition) is 2. The summed E-state index contributed by atoms with van der Waals surface area (Å²) in [6, 6.07) is 7.81. The standard InChI is InChI=1S/C15H15ClN4/c1-9-14(10(2)20-19-9)18-8-11-5-6-13(16)12-4-3-7-17-15(11)12/h3-7,18H,8H2,1-2H3,(H,19,20). The monoisotopic (exact) mass is 286 g/mol. The molecule has 3 aromatic rings. The number of aromatic nitrogens is 3. The molecule has 0 radical (unpaired) electrons. The summed E-state index contributed by atoms with van der Waals surface area (Å²) in [7, 11) is 0. The molecule has 0 aliphatic heterocycles. The van der Waals surface area contributed by atoms with Crippen LogP contribution in [0.25, 0.3) is 10.9 Å². The number of rotatable bonds is 3. The van der Waals surface area contributed by atoms with E-state index in [4.69, 9.17) is 11.6 Å². The van der Waals surface area contributed by atoms with Crippen LogP contribution >= 0.6 is 11.6 Å². The van der Waals surface area contributed by atoms with Crippen molar-refractivity contribution in [3.8, 4) is 0 Å². The molecule has 4 nitrogen and oxygen atoms in total. The summed E-state index contributed by atoms with van der Waals surface area (Å²) in [5.41, 5.74) is 5.10. The van der Waals surface area contributed by atoms with Gasteiger partial charge in [-0.2, -0.15) is 5.10 Å². The third-order valence-corrected chi connectivity index (χ3v) is 3.71. The van der Waals surface area contributed by atoms with E-state index in [0.29, 0.717) is 6.54 Å². The van der Waals surface area contributed by atoms with E-state index in [0.717, 1.165) is 38.6 Å². The van der Waals surface area contributed by atoms with Crippen LogP contribution in [0, 0.1) is 13.8 Å². The van der Waals surface area contributed by atoms with Crippen molar-refractivity contribution in [3.63, 3.8) is 0 Å². The van der Waals surface area contributed by atoms with Gasteiger partial charge in [0.05, 0.1) is 22.6 Å². The maximum atomic E-state index is 6.20. The zero-order valence-corrected chi connectivity index (χ0v) is 12.1. The number of benzene rings is 1. The van der Waals surface area contributed by atoms with Gasteiger partial charge in [-0.25, -0.2) is 0 Å². The van der Waals surface area contributed by atoms with Crippen LogP contribution < -0.4 is 5.32 Å². The molecule has 0 saturated carbocycles. The van der Waals surface area contributed by atoms with Gasteiger partial charge in [0.2, 0.25) is 0 Å². The minimum absolute atomic E-state index is 0.686. The Bertz CT molecular complexity index is 744. The van der Waals surface area contributed by atoms with Gasteiger partial charge in [0.15, 0.2) is 0 Å². The number of hydrogen-bond acceptors (Lipinski definition) is 3. The predicted molar refractivity (Wildman–Crippen MR) is 82.1 cm³/mol. The molecular weight excluding hydrogens is 272 g/mol. The van der Waals surface area contributed by atoms with Gasteiger partial charge >= 0.3 is 0 Å². The Morgan fingerprint density at radius 1 is 1.25 bits per heavy atom. The van der Waals surface area contributed by atoms with Crippen LogP contribution in [0.1, 0.15) is 17.0 Å². The molecule has 0 atom stereocenters. The Morgan fingerprint density at radius 3 is 2.85 bits per heavy atom. The first-order valence-corrected chi connectivity index (χ1v) is 6.82. The fourth-order valence-corrected chi connectivity index (χ4v) is 2.55. The molecule has 2 heterocycles. The number of fused-ring (bicyclic) bond motifs is 1. The molecule has 0 bridgehead atoms. The van der Waals surface area contributed by atoms with Crippen LogP contribution in [0.5, 0.6) is 0 Å². The lowest BCUT2D eigenvalue weighted by Crippen LogP contribution is -2.02. The van der Waals surface area contributed by atoms with E-state index in [1.165, 1.54) is 0 Å². The highest BCUT2D eigenvalue weighted by molar-refractivity contribution is 6.35. The smallest absolute Gasteiger partial charge is 0.0825 e. The minimum atomic E-state index is 0.686. The number of anilines is 1. The number of nitrogens with one attached hydrogen (secondary N) is 2. The van der Waals surface area contributed by atoms with Gasteiger partial charge in [-0.15, -0.1) is 0 Å². The molecular formula is C15H15ClN4. The van der Waals surface area contributed by atoms with Crippen molar-refractivity contribution in [1.29, 1.82) is 0 Å². The molecule has 102 valence electrons. The van der Waals surface area contributed by atoms with E-state index in [-0.39, 0.29) is 0 Å². The van der Waals surface area contributed by atoms with Crippen molar-refractivity contribution < 1.29 is 0 Å². The maximum Gasteiger partial charge on any atom is 0.0825 e. The van der Waals surface area contributed by atoms with E-state index < -0.39 is 0 Å². The SMILES string of the molecule is Cc1n[nH]c(C)c1NCc1ccc(Cl)c2cccnc12. The van der Waals surface area contributed by atoms with Crippen molar-refractivity contribution in [2.24, 2.45) is 0 Å². The topological polar surface area (TPSA) is 53.6 Å². The highest BCUT2D eigenvalue weighted by Gasteiger charge is 2.08. The Morgan fingerprint density at radius 2 is 2.10 bits per heavy atom. The molecule has 2 aromatic heterocycles. The molecule has 1 aromatic carbocycles. The van der Waals surface area contributed by atoms with Gasteiger partial charge in [-0.3, -0.25) is 10.1 Å². The van der Waals surface area contributed by atoms with Crippen molar-refractivity contribution in [2.45, 2.75) is 20.4 Å². The van der Waals surface area contributed by atoms with E-state index in [9.17, 15) is 0 Å². The number of aryl methyl sites for hydroxylation is 2. The van der Waals surface area contributed by atoms with Crippen molar-refractivity contribution >= 4 is 28.2 Å². The second kappa shape index (κ2) is 5.13. The third kappa shape index (κ3) is 2.23. The Balaban J connectivity index is 1.94. The molecule has 0 saturated heterocycles. The van der Waals surface area contributed by atoms with Crippen LogP contribution in [0.2, 0.25) is 5.02 Å². The van der Waals surface area contributed by atoms with Crippen molar-refractivity contribution in [2.75, 3.05) is 5.32 Å². The molecule has 0 aliphatic carbocycles.